The third kappa shape index (κ3) is 3.92. The largest absolute Gasteiger partial charge is 0.481 e. The number of pyridine rings is 2. The molecule has 0 aliphatic heterocycles. The van der Waals surface area contributed by atoms with Crippen molar-refractivity contribution in [1.29, 1.82) is 0 Å². The molecule has 2 heterocycles. The van der Waals surface area contributed by atoms with Gasteiger partial charge in [0.05, 0.1) is 18.1 Å². The van der Waals surface area contributed by atoms with Crippen molar-refractivity contribution in [2.75, 3.05) is 7.11 Å². The maximum Gasteiger partial charge on any atom is 0.335 e. The molecule has 0 saturated heterocycles. The fraction of sp³-hybridized carbons (Fsp3) is 0.438. The Labute approximate surface area is 129 Å². The molecule has 1 N–H and O–H groups in total. The summed E-state index contributed by atoms with van der Waals surface area (Å²) >= 11 is 0. The topological polar surface area (TPSA) is 81.5 Å². The predicted molar refractivity (Wildman–Crippen MR) is 81.6 cm³/mol. The van der Waals surface area contributed by atoms with Gasteiger partial charge in [0.1, 0.15) is 5.60 Å². The van der Waals surface area contributed by atoms with E-state index >= 15 is 0 Å². The molecule has 0 aromatic carbocycles. The number of hydrogen-bond acceptors (Lipinski definition) is 6. The van der Waals surface area contributed by atoms with Gasteiger partial charge in [-0.3, -0.25) is 4.98 Å². The second-order valence-electron chi connectivity index (χ2n) is 5.94. The van der Waals surface area contributed by atoms with E-state index in [0.717, 1.165) is 0 Å². The summed E-state index contributed by atoms with van der Waals surface area (Å²) in [5.41, 5.74) is 1.35. The first kappa shape index (κ1) is 16.2. The highest BCUT2D eigenvalue weighted by Gasteiger charge is 2.24. The summed E-state index contributed by atoms with van der Waals surface area (Å²) in [6.07, 6.45) is 0.472. The van der Waals surface area contributed by atoms with Crippen molar-refractivity contribution >= 4 is 17.0 Å². The fourth-order valence-electron chi connectivity index (χ4n) is 2.00. The zero-order valence-corrected chi connectivity index (χ0v) is 13.2. The second kappa shape index (κ2) is 6.27. The molecule has 22 heavy (non-hydrogen) atoms. The molecule has 6 heteroatoms. The number of nitrogens with zero attached hydrogens (tertiary/aromatic N) is 2. The van der Waals surface area contributed by atoms with Gasteiger partial charge in [-0.15, -0.1) is 0 Å². The molecule has 1 atom stereocenters. The summed E-state index contributed by atoms with van der Waals surface area (Å²) in [6.45, 7) is 5.27. The average Bonchev–Trinajstić information content (AvgIpc) is 2.45. The van der Waals surface area contributed by atoms with Crippen LogP contribution in [0, 0.1) is 0 Å². The minimum Gasteiger partial charge on any atom is -0.481 e. The quantitative estimate of drug-likeness (QED) is 0.869. The standard InChI is InChI=1S/C16H20N2O4/c1-16(2,3)22-15(20)12(19)9-10-7-8-17-11-5-6-13(21-4)18-14(10)11/h5-8,12,19H,9H2,1-4H3. The Morgan fingerprint density at radius 3 is 2.68 bits per heavy atom. The van der Waals surface area contributed by atoms with E-state index in [2.05, 4.69) is 9.97 Å². The summed E-state index contributed by atoms with van der Waals surface area (Å²) in [5.74, 6) is -0.200. The van der Waals surface area contributed by atoms with Crippen LogP contribution in [0.5, 0.6) is 5.88 Å². The zero-order chi connectivity index (χ0) is 16.3. The number of carbonyl (C=O) groups excluding carboxylic acids is 1. The van der Waals surface area contributed by atoms with Crippen LogP contribution in [0.3, 0.4) is 0 Å². The van der Waals surface area contributed by atoms with Crippen molar-refractivity contribution < 1.29 is 19.4 Å². The van der Waals surface area contributed by atoms with Crippen LogP contribution in [0.2, 0.25) is 0 Å². The van der Waals surface area contributed by atoms with Crippen LogP contribution in [0.4, 0.5) is 0 Å². The number of aromatic nitrogens is 2. The van der Waals surface area contributed by atoms with Gasteiger partial charge in [-0.2, -0.15) is 0 Å². The van der Waals surface area contributed by atoms with Crippen LogP contribution in [-0.4, -0.2) is 39.9 Å². The van der Waals surface area contributed by atoms with Crippen LogP contribution in [0.25, 0.3) is 11.0 Å². The Kier molecular flexibility index (Phi) is 4.61. The van der Waals surface area contributed by atoms with Gasteiger partial charge in [-0.1, -0.05) is 0 Å². The summed E-state index contributed by atoms with van der Waals surface area (Å²) in [7, 11) is 1.53. The van der Waals surface area contributed by atoms with E-state index in [-0.39, 0.29) is 6.42 Å². The molecule has 1 unspecified atom stereocenters. The monoisotopic (exact) mass is 304 g/mol. The molecule has 0 aliphatic rings. The van der Waals surface area contributed by atoms with E-state index in [1.54, 1.807) is 45.2 Å². The SMILES string of the molecule is COc1ccc2nccc(CC(O)C(=O)OC(C)(C)C)c2n1. The molecule has 0 spiro atoms. The van der Waals surface area contributed by atoms with Crippen molar-refractivity contribution in [3.8, 4) is 5.88 Å². The maximum absolute atomic E-state index is 11.9. The number of fused-ring (bicyclic) bond motifs is 1. The van der Waals surface area contributed by atoms with E-state index in [1.807, 2.05) is 0 Å². The van der Waals surface area contributed by atoms with Gasteiger partial charge in [0.25, 0.3) is 0 Å². The third-order valence-electron chi connectivity index (χ3n) is 2.94. The lowest BCUT2D eigenvalue weighted by molar-refractivity contribution is -0.164. The molecule has 0 aliphatic carbocycles. The molecular formula is C16H20N2O4. The molecule has 0 radical (unpaired) electrons. The van der Waals surface area contributed by atoms with E-state index in [9.17, 15) is 9.90 Å². The van der Waals surface area contributed by atoms with Crippen LogP contribution in [0.15, 0.2) is 24.4 Å². The normalized spacial score (nSPS) is 13.0. The van der Waals surface area contributed by atoms with Crippen LogP contribution >= 0.6 is 0 Å². The maximum atomic E-state index is 11.9. The fourth-order valence-corrected chi connectivity index (χ4v) is 2.00. The smallest absolute Gasteiger partial charge is 0.335 e. The van der Waals surface area contributed by atoms with Crippen LogP contribution in [-0.2, 0) is 16.0 Å². The van der Waals surface area contributed by atoms with Crippen molar-refractivity contribution in [2.24, 2.45) is 0 Å². The van der Waals surface area contributed by atoms with E-state index < -0.39 is 17.7 Å². The molecule has 2 aromatic heterocycles. The van der Waals surface area contributed by atoms with Gasteiger partial charge in [0, 0.05) is 18.7 Å². The Hall–Kier alpha value is -2.21. The first-order valence-corrected chi connectivity index (χ1v) is 7.00. The van der Waals surface area contributed by atoms with E-state index in [4.69, 9.17) is 9.47 Å². The number of aliphatic hydroxyl groups excluding tert-OH is 1. The van der Waals surface area contributed by atoms with Gasteiger partial charge in [0.2, 0.25) is 5.88 Å². The molecule has 0 saturated carbocycles. The van der Waals surface area contributed by atoms with E-state index in [1.165, 1.54) is 7.11 Å². The van der Waals surface area contributed by atoms with Crippen LogP contribution < -0.4 is 4.74 Å². The molecule has 0 amide bonds. The molecular weight excluding hydrogens is 284 g/mol. The van der Waals surface area contributed by atoms with Gasteiger partial charge in [0.15, 0.2) is 6.10 Å². The van der Waals surface area contributed by atoms with E-state index in [0.29, 0.717) is 22.5 Å². The Balaban J connectivity index is 2.25. The van der Waals surface area contributed by atoms with Crippen LogP contribution in [0.1, 0.15) is 26.3 Å². The molecule has 2 rings (SSSR count). The summed E-state index contributed by atoms with van der Waals surface area (Å²) in [6, 6.07) is 5.22. The Morgan fingerprint density at radius 2 is 2.05 bits per heavy atom. The average molecular weight is 304 g/mol. The second-order valence-corrected chi connectivity index (χ2v) is 5.94. The summed E-state index contributed by atoms with van der Waals surface area (Å²) in [4.78, 5) is 20.4. The number of ether oxygens (including phenoxy) is 2. The van der Waals surface area contributed by atoms with Gasteiger partial charge in [-0.05, 0) is 38.5 Å². The van der Waals surface area contributed by atoms with Crippen molar-refractivity contribution in [3.05, 3.63) is 30.0 Å². The van der Waals surface area contributed by atoms with Gasteiger partial charge in [-0.25, -0.2) is 9.78 Å². The number of esters is 1. The lowest BCUT2D eigenvalue weighted by Crippen LogP contribution is -2.33. The van der Waals surface area contributed by atoms with Crippen molar-refractivity contribution in [3.63, 3.8) is 0 Å². The highest BCUT2D eigenvalue weighted by molar-refractivity contribution is 5.80. The Morgan fingerprint density at radius 1 is 1.32 bits per heavy atom. The first-order chi connectivity index (χ1) is 10.3. The molecule has 6 nitrogen and oxygen atoms in total. The van der Waals surface area contributed by atoms with Gasteiger partial charge < -0.3 is 14.6 Å². The molecule has 0 fully saturated rings. The molecule has 0 bridgehead atoms. The van der Waals surface area contributed by atoms with Crippen molar-refractivity contribution in [2.45, 2.75) is 38.9 Å². The molecule has 2 aromatic rings. The minimum atomic E-state index is -1.25. The summed E-state index contributed by atoms with van der Waals surface area (Å²) < 4.78 is 10.3. The first-order valence-electron chi connectivity index (χ1n) is 7.00. The molecule has 118 valence electrons. The van der Waals surface area contributed by atoms with Crippen molar-refractivity contribution in [1.82, 2.24) is 9.97 Å². The summed E-state index contributed by atoms with van der Waals surface area (Å²) in [5, 5.41) is 10.1. The Bertz CT molecular complexity index is 679. The number of carbonyl (C=O) groups is 1. The zero-order valence-electron chi connectivity index (χ0n) is 13.2. The lowest BCUT2D eigenvalue weighted by Gasteiger charge is -2.21. The number of methoxy groups -OCH3 is 1. The lowest BCUT2D eigenvalue weighted by atomic mass is 10.1. The number of aliphatic hydroxyl groups is 1. The highest BCUT2D eigenvalue weighted by Crippen LogP contribution is 2.20. The van der Waals surface area contributed by atoms with Gasteiger partial charge >= 0.3 is 5.97 Å². The highest BCUT2D eigenvalue weighted by atomic mass is 16.6. The predicted octanol–water partition coefficient (Wildman–Crippen LogP) is 1.88. The minimum absolute atomic E-state index is 0.105. The number of hydrogen-bond donors (Lipinski definition) is 1. The third-order valence-corrected chi connectivity index (χ3v) is 2.94. The number of rotatable bonds is 4.